The lowest BCUT2D eigenvalue weighted by Crippen LogP contribution is -2.36. The molecule has 118 valence electrons. The molecule has 7 heteroatoms. The van der Waals surface area contributed by atoms with Gasteiger partial charge in [-0.05, 0) is 32.1 Å². The van der Waals surface area contributed by atoms with E-state index in [1.54, 1.807) is 0 Å². The third-order valence-corrected chi connectivity index (χ3v) is 3.57. The van der Waals surface area contributed by atoms with Crippen LogP contribution in [0.3, 0.4) is 0 Å². The SMILES string of the molecule is CCCNc1nc(OCC)nc(N2CCC(CO)CC2)n1. The molecule has 2 N–H and O–H groups in total. The zero-order chi connectivity index (χ0) is 15.1. The zero-order valence-corrected chi connectivity index (χ0v) is 12.9. The third kappa shape index (κ3) is 4.42. The van der Waals surface area contributed by atoms with Crippen LogP contribution < -0.4 is 15.0 Å². The van der Waals surface area contributed by atoms with Gasteiger partial charge in [-0.15, -0.1) is 0 Å². The highest BCUT2D eigenvalue weighted by Crippen LogP contribution is 2.22. The van der Waals surface area contributed by atoms with Gasteiger partial charge in [0.2, 0.25) is 11.9 Å². The summed E-state index contributed by atoms with van der Waals surface area (Å²) in [5, 5.41) is 12.4. The smallest absolute Gasteiger partial charge is 0.323 e. The van der Waals surface area contributed by atoms with Crippen molar-refractivity contribution in [1.29, 1.82) is 0 Å². The van der Waals surface area contributed by atoms with Crippen LogP contribution in [0.1, 0.15) is 33.1 Å². The molecule has 0 radical (unpaired) electrons. The third-order valence-electron chi connectivity index (χ3n) is 3.57. The van der Waals surface area contributed by atoms with Crippen molar-refractivity contribution in [1.82, 2.24) is 15.0 Å². The van der Waals surface area contributed by atoms with Gasteiger partial charge in [-0.25, -0.2) is 0 Å². The van der Waals surface area contributed by atoms with Crippen LogP contribution in [0.15, 0.2) is 0 Å². The van der Waals surface area contributed by atoms with E-state index in [1.165, 1.54) is 0 Å². The largest absolute Gasteiger partial charge is 0.464 e. The van der Waals surface area contributed by atoms with Crippen LogP contribution in [0, 0.1) is 5.92 Å². The standard InChI is InChI=1S/C14H25N5O2/c1-3-7-15-12-16-13(18-14(17-12)21-4-2)19-8-5-11(10-20)6-9-19/h11,20H,3-10H2,1-2H3,(H,15,16,17,18). The lowest BCUT2D eigenvalue weighted by molar-refractivity contribution is 0.202. The van der Waals surface area contributed by atoms with E-state index >= 15 is 0 Å². The highest BCUT2D eigenvalue weighted by Gasteiger charge is 2.21. The summed E-state index contributed by atoms with van der Waals surface area (Å²) in [6, 6.07) is 0.366. The average molecular weight is 295 g/mol. The first-order valence-corrected chi connectivity index (χ1v) is 7.75. The van der Waals surface area contributed by atoms with Crippen molar-refractivity contribution in [3.05, 3.63) is 0 Å². The number of ether oxygens (including phenoxy) is 1. The maximum absolute atomic E-state index is 9.21. The minimum atomic E-state index is 0.262. The van der Waals surface area contributed by atoms with Gasteiger partial charge in [0.1, 0.15) is 0 Å². The molecule has 1 aromatic heterocycles. The Hall–Kier alpha value is -1.63. The topological polar surface area (TPSA) is 83.4 Å². The van der Waals surface area contributed by atoms with E-state index in [0.717, 1.165) is 38.9 Å². The molecular weight excluding hydrogens is 270 g/mol. The molecule has 0 saturated carbocycles. The van der Waals surface area contributed by atoms with Crippen molar-refractivity contribution in [2.45, 2.75) is 33.1 Å². The van der Waals surface area contributed by atoms with Crippen LogP contribution in [0.4, 0.5) is 11.9 Å². The molecule has 1 saturated heterocycles. The van der Waals surface area contributed by atoms with Crippen molar-refractivity contribution in [3.8, 4) is 6.01 Å². The van der Waals surface area contributed by atoms with Crippen LogP contribution in [-0.2, 0) is 0 Å². The zero-order valence-electron chi connectivity index (χ0n) is 12.9. The first kappa shape index (κ1) is 15.8. The highest BCUT2D eigenvalue weighted by molar-refractivity contribution is 5.38. The van der Waals surface area contributed by atoms with E-state index < -0.39 is 0 Å². The van der Waals surface area contributed by atoms with E-state index in [9.17, 15) is 5.11 Å². The molecule has 2 rings (SSSR count). The maximum Gasteiger partial charge on any atom is 0.323 e. The fourth-order valence-electron chi connectivity index (χ4n) is 2.31. The summed E-state index contributed by atoms with van der Waals surface area (Å²) in [5.41, 5.74) is 0. The van der Waals surface area contributed by atoms with Gasteiger partial charge in [-0.1, -0.05) is 6.92 Å². The second-order valence-corrected chi connectivity index (χ2v) is 5.21. The summed E-state index contributed by atoms with van der Waals surface area (Å²) >= 11 is 0. The molecule has 1 aromatic rings. The summed E-state index contributed by atoms with van der Waals surface area (Å²) in [5.74, 6) is 1.62. The molecule has 0 spiro atoms. The minimum absolute atomic E-state index is 0.262. The van der Waals surface area contributed by atoms with Crippen LogP contribution in [0.2, 0.25) is 0 Å². The van der Waals surface area contributed by atoms with Gasteiger partial charge >= 0.3 is 6.01 Å². The van der Waals surface area contributed by atoms with Crippen molar-refractivity contribution >= 4 is 11.9 Å². The van der Waals surface area contributed by atoms with Crippen LogP contribution in [0.5, 0.6) is 6.01 Å². The number of hydrogen-bond acceptors (Lipinski definition) is 7. The molecule has 1 aliphatic rings. The summed E-state index contributed by atoms with van der Waals surface area (Å²) in [4.78, 5) is 15.3. The van der Waals surface area contributed by atoms with Crippen molar-refractivity contribution < 1.29 is 9.84 Å². The summed E-state index contributed by atoms with van der Waals surface area (Å²) < 4.78 is 5.43. The van der Waals surface area contributed by atoms with E-state index in [2.05, 4.69) is 32.1 Å². The molecule has 0 atom stereocenters. The molecule has 7 nitrogen and oxygen atoms in total. The van der Waals surface area contributed by atoms with E-state index in [0.29, 0.717) is 30.4 Å². The number of hydrogen-bond donors (Lipinski definition) is 2. The monoisotopic (exact) mass is 295 g/mol. The van der Waals surface area contributed by atoms with E-state index in [-0.39, 0.29) is 6.61 Å². The van der Waals surface area contributed by atoms with Gasteiger partial charge in [0.15, 0.2) is 0 Å². The number of rotatable bonds is 7. The first-order chi connectivity index (χ1) is 10.3. The van der Waals surface area contributed by atoms with Gasteiger partial charge in [-0.2, -0.15) is 15.0 Å². The minimum Gasteiger partial charge on any atom is -0.464 e. The van der Waals surface area contributed by atoms with Gasteiger partial charge in [0.05, 0.1) is 6.61 Å². The number of aromatic nitrogens is 3. The predicted octanol–water partition coefficient (Wildman–Crippen LogP) is 1.30. The van der Waals surface area contributed by atoms with E-state index in [4.69, 9.17) is 4.74 Å². The van der Waals surface area contributed by atoms with E-state index in [1.807, 2.05) is 6.92 Å². The first-order valence-electron chi connectivity index (χ1n) is 7.75. The number of aliphatic hydroxyl groups is 1. The Labute approximate surface area is 125 Å². The number of nitrogens with zero attached hydrogens (tertiary/aromatic N) is 4. The second kappa shape index (κ2) is 7.97. The van der Waals surface area contributed by atoms with Crippen LogP contribution in [-0.4, -0.2) is 52.9 Å². The van der Waals surface area contributed by atoms with Crippen LogP contribution in [0.25, 0.3) is 0 Å². The second-order valence-electron chi connectivity index (χ2n) is 5.21. The Morgan fingerprint density at radius 1 is 1.24 bits per heavy atom. The predicted molar refractivity (Wildman–Crippen MR) is 81.8 cm³/mol. The number of anilines is 2. The molecule has 21 heavy (non-hydrogen) atoms. The van der Waals surface area contributed by atoms with Crippen molar-refractivity contribution in [3.63, 3.8) is 0 Å². The summed E-state index contributed by atoms with van der Waals surface area (Å²) in [6.45, 7) is 7.33. The lowest BCUT2D eigenvalue weighted by Gasteiger charge is -2.31. The Morgan fingerprint density at radius 2 is 2.00 bits per heavy atom. The van der Waals surface area contributed by atoms with Gasteiger partial charge in [0.25, 0.3) is 0 Å². The van der Waals surface area contributed by atoms with Gasteiger partial charge < -0.3 is 20.1 Å². The van der Waals surface area contributed by atoms with Crippen LogP contribution >= 0.6 is 0 Å². The van der Waals surface area contributed by atoms with Gasteiger partial charge in [0, 0.05) is 26.2 Å². The Morgan fingerprint density at radius 3 is 2.62 bits per heavy atom. The summed E-state index contributed by atoms with van der Waals surface area (Å²) in [7, 11) is 0. The number of aliphatic hydroxyl groups excluding tert-OH is 1. The van der Waals surface area contributed by atoms with Crippen molar-refractivity contribution in [2.75, 3.05) is 43.1 Å². The molecule has 2 heterocycles. The molecular formula is C14H25N5O2. The molecule has 1 aliphatic heterocycles. The Balaban J connectivity index is 2.11. The molecule has 0 amide bonds. The molecule has 0 bridgehead atoms. The quantitative estimate of drug-likeness (QED) is 0.784. The van der Waals surface area contributed by atoms with Gasteiger partial charge in [-0.3, -0.25) is 0 Å². The average Bonchev–Trinajstić information content (AvgIpc) is 2.53. The normalized spacial score (nSPS) is 16.0. The number of piperidine rings is 1. The fourth-order valence-corrected chi connectivity index (χ4v) is 2.31. The number of nitrogens with one attached hydrogen (secondary N) is 1. The summed E-state index contributed by atoms with van der Waals surface area (Å²) in [6.07, 6.45) is 2.93. The van der Waals surface area contributed by atoms with Crippen molar-refractivity contribution in [2.24, 2.45) is 5.92 Å². The molecule has 1 fully saturated rings. The highest BCUT2D eigenvalue weighted by atomic mass is 16.5. The molecule has 0 aliphatic carbocycles. The fraction of sp³-hybridized carbons (Fsp3) is 0.786. The maximum atomic E-state index is 9.21. The molecule has 0 unspecified atom stereocenters. The Bertz CT molecular complexity index is 435. The molecule has 0 aromatic carbocycles. The lowest BCUT2D eigenvalue weighted by atomic mass is 9.98. The Kier molecular flexibility index (Phi) is 5.98.